The van der Waals surface area contributed by atoms with Crippen LogP contribution >= 0.6 is 22.7 Å². The van der Waals surface area contributed by atoms with E-state index < -0.39 is 0 Å². The van der Waals surface area contributed by atoms with Crippen molar-refractivity contribution < 1.29 is 0 Å². The molecule has 0 bridgehead atoms. The Morgan fingerprint density at radius 1 is 1.14 bits per heavy atom. The highest BCUT2D eigenvalue weighted by atomic mass is 32.1. The van der Waals surface area contributed by atoms with E-state index in [1.165, 1.54) is 42.2 Å². The van der Waals surface area contributed by atoms with Crippen LogP contribution in [0, 0.1) is 5.92 Å². The van der Waals surface area contributed by atoms with Gasteiger partial charge < -0.3 is 10.2 Å². The van der Waals surface area contributed by atoms with Gasteiger partial charge in [0.25, 0.3) is 0 Å². The van der Waals surface area contributed by atoms with E-state index in [-0.39, 0.29) is 0 Å². The average Bonchev–Trinajstić information content (AvgIpc) is 3.22. The van der Waals surface area contributed by atoms with Gasteiger partial charge in [-0.25, -0.2) is 0 Å². The highest BCUT2D eigenvalue weighted by Crippen LogP contribution is 2.29. The molecule has 3 rings (SSSR count). The summed E-state index contributed by atoms with van der Waals surface area (Å²) in [4.78, 5) is 5.43. The van der Waals surface area contributed by atoms with Crippen LogP contribution in [0.3, 0.4) is 0 Å². The van der Waals surface area contributed by atoms with Gasteiger partial charge in [0.2, 0.25) is 0 Å². The van der Waals surface area contributed by atoms with Gasteiger partial charge in [0.15, 0.2) is 0 Å². The second-order valence-electron chi connectivity index (χ2n) is 5.75. The molecule has 0 aliphatic carbocycles. The van der Waals surface area contributed by atoms with E-state index in [9.17, 15) is 0 Å². The highest BCUT2D eigenvalue weighted by Gasteiger charge is 2.21. The fourth-order valence-corrected chi connectivity index (χ4v) is 4.75. The van der Waals surface area contributed by atoms with Crippen LogP contribution in [-0.2, 0) is 0 Å². The quantitative estimate of drug-likeness (QED) is 0.857. The summed E-state index contributed by atoms with van der Waals surface area (Å²) in [5, 5.41) is 8.19. The van der Waals surface area contributed by atoms with Crippen molar-refractivity contribution in [1.82, 2.24) is 10.2 Å². The molecule has 4 heteroatoms. The van der Waals surface area contributed by atoms with Crippen molar-refractivity contribution in [2.24, 2.45) is 5.92 Å². The van der Waals surface area contributed by atoms with Gasteiger partial charge in [0, 0.05) is 9.75 Å². The second-order valence-corrected chi connectivity index (χ2v) is 7.71. The first-order valence-corrected chi connectivity index (χ1v) is 9.65. The molecule has 0 saturated carbocycles. The molecule has 1 saturated heterocycles. The van der Waals surface area contributed by atoms with Crippen molar-refractivity contribution in [3.63, 3.8) is 0 Å². The number of nitrogens with one attached hydrogen (secondary N) is 1. The predicted octanol–water partition coefficient (Wildman–Crippen LogP) is 4.22. The largest absolute Gasteiger partial charge is 0.305 e. The van der Waals surface area contributed by atoms with Crippen LogP contribution in [0.4, 0.5) is 0 Å². The van der Waals surface area contributed by atoms with Gasteiger partial charge in [-0.3, -0.25) is 0 Å². The molecule has 1 fully saturated rings. The van der Waals surface area contributed by atoms with Crippen molar-refractivity contribution in [3.8, 4) is 0 Å². The molecule has 2 aromatic heterocycles. The number of likely N-dealkylation sites (tertiary alicyclic amines) is 1. The maximum absolute atomic E-state index is 3.83. The summed E-state index contributed by atoms with van der Waals surface area (Å²) in [5.74, 6) is 0.829. The van der Waals surface area contributed by atoms with E-state index in [2.05, 4.69) is 52.2 Å². The second kappa shape index (κ2) is 7.54. The van der Waals surface area contributed by atoms with Gasteiger partial charge in [0.05, 0.1) is 6.04 Å². The van der Waals surface area contributed by atoms with Crippen molar-refractivity contribution in [1.29, 1.82) is 0 Å². The Balaban J connectivity index is 1.59. The lowest BCUT2D eigenvalue weighted by Gasteiger charge is -2.32. The third kappa shape index (κ3) is 3.95. The van der Waals surface area contributed by atoms with Gasteiger partial charge in [-0.15, -0.1) is 22.7 Å². The Morgan fingerprint density at radius 3 is 2.24 bits per heavy atom. The standard InChI is InChI=1S/C17H24N2S2/c1-2-19-9-7-14(8-10-19)13-18-17(15-5-3-11-20-15)16-6-4-12-21-16/h3-6,11-12,14,17-18H,2,7-10,13H2,1H3. The Morgan fingerprint density at radius 2 is 1.76 bits per heavy atom. The Labute approximate surface area is 135 Å². The summed E-state index contributed by atoms with van der Waals surface area (Å²) in [5.41, 5.74) is 0. The third-order valence-corrected chi connectivity index (χ3v) is 6.29. The fraction of sp³-hybridized carbons (Fsp3) is 0.529. The molecule has 2 nitrogen and oxygen atoms in total. The van der Waals surface area contributed by atoms with Gasteiger partial charge in [-0.1, -0.05) is 19.1 Å². The Kier molecular flexibility index (Phi) is 5.47. The lowest BCUT2D eigenvalue weighted by Crippen LogP contribution is -2.37. The number of nitrogens with zero attached hydrogens (tertiary/aromatic N) is 1. The number of hydrogen-bond acceptors (Lipinski definition) is 4. The fourth-order valence-electron chi connectivity index (χ4n) is 3.04. The SMILES string of the molecule is CCN1CCC(CNC(c2cccs2)c2cccs2)CC1. The number of rotatable bonds is 6. The van der Waals surface area contributed by atoms with E-state index in [0.29, 0.717) is 6.04 Å². The molecule has 1 N–H and O–H groups in total. The normalized spacial score (nSPS) is 17.6. The molecule has 21 heavy (non-hydrogen) atoms. The maximum Gasteiger partial charge on any atom is 0.0764 e. The zero-order valence-electron chi connectivity index (χ0n) is 12.6. The van der Waals surface area contributed by atoms with E-state index in [4.69, 9.17) is 0 Å². The summed E-state index contributed by atoms with van der Waals surface area (Å²) in [6.07, 6.45) is 2.67. The first kappa shape index (κ1) is 15.2. The van der Waals surface area contributed by atoms with Crippen LogP contribution in [0.1, 0.15) is 35.6 Å². The van der Waals surface area contributed by atoms with Crippen LogP contribution in [0.25, 0.3) is 0 Å². The summed E-state index contributed by atoms with van der Waals surface area (Å²) >= 11 is 3.71. The Bertz CT molecular complexity index is 465. The van der Waals surface area contributed by atoms with Crippen LogP contribution in [0.15, 0.2) is 35.0 Å². The van der Waals surface area contributed by atoms with Gasteiger partial charge in [-0.2, -0.15) is 0 Å². The number of hydrogen-bond donors (Lipinski definition) is 1. The number of thiophene rings is 2. The minimum Gasteiger partial charge on any atom is -0.305 e. The smallest absolute Gasteiger partial charge is 0.0764 e. The molecule has 0 radical (unpaired) electrons. The minimum atomic E-state index is 0.384. The van der Waals surface area contributed by atoms with E-state index in [0.717, 1.165) is 12.5 Å². The van der Waals surface area contributed by atoms with E-state index >= 15 is 0 Å². The summed E-state index contributed by atoms with van der Waals surface area (Å²) in [7, 11) is 0. The number of piperidine rings is 1. The summed E-state index contributed by atoms with van der Waals surface area (Å²) in [6, 6.07) is 9.20. The first-order chi connectivity index (χ1) is 10.4. The maximum atomic E-state index is 3.83. The van der Waals surface area contributed by atoms with Crippen LogP contribution in [0.2, 0.25) is 0 Å². The molecule has 114 valence electrons. The van der Waals surface area contributed by atoms with Crippen LogP contribution in [-0.4, -0.2) is 31.1 Å². The van der Waals surface area contributed by atoms with Crippen molar-refractivity contribution in [3.05, 3.63) is 44.8 Å². The van der Waals surface area contributed by atoms with Gasteiger partial charge >= 0.3 is 0 Å². The molecule has 0 atom stereocenters. The predicted molar refractivity (Wildman–Crippen MR) is 93.3 cm³/mol. The summed E-state index contributed by atoms with van der Waals surface area (Å²) < 4.78 is 0. The van der Waals surface area contributed by atoms with Gasteiger partial charge in [0.1, 0.15) is 0 Å². The first-order valence-electron chi connectivity index (χ1n) is 7.89. The molecular weight excluding hydrogens is 296 g/mol. The van der Waals surface area contributed by atoms with Gasteiger partial charge in [-0.05, 0) is 67.8 Å². The lowest BCUT2D eigenvalue weighted by atomic mass is 9.96. The molecule has 1 aliphatic rings. The lowest BCUT2D eigenvalue weighted by molar-refractivity contribution is 0.189. The highest BCUT2D eigenvalue weighted by molar-refractivity contribution is 7.11. The molecule has 3 heterocycles. The van der Waals surface area contributed by atoms with Crippen molar-refractivity contribution >= 4 is 22.7 Å². The average molecular weight is 321 g/mol. The minimum absolute atomic E-state index is 0.384. The molecular formula is C17H24N2S2. The molecule has 0 unspecified atom stereocenters. The monoisotopic (exact) mass is 320 g/mol. The van der Waals surface area contributed by atoms with Crippen molar-refractivity contribution in [2.45, 2.75) is 25.8 Å². The third-order valence-electron chi connectivity index (χ3n) is 4.42. The van der Waals surface area contributed by atoms with E-state index in [1.807, 2.05) is 22.7 Å². The molecule has 0 spiro atoms. The molecule has 1 aliphatic heterocycles. The Hall–Kier alpha value is -0.680. The topological polar surface area (TPSA) is 15.3 Å². The van der Waals surface area contributed by atoms with Crippen molar-refractivity contribution in [2.75, 3.05) is 26.2 Å². The molecule has 0 amide bonds. The zero-order chi connectivity index (χ0) is 14.5. The molecule has 0 aromatic carbocycles. The van der Waals surface area contributed by atoms with Crippen LogP contribution in [0.5, 0.6) is 0 Å². The van der Waals surface area contributed by atoms with E-state index in [1.54, 1.807) is 0 Å². The molecule has 2 aromatic rings. The zero-order valence-corrected chi connectivity index (χ0v) is 14.3. The van der Waals surface area contributed by atoms with Crippen LogP contribution < -0.4 is 5.32 Å². The summed E-state index contributed by atoms with van der Waals surface area (Å²) in [6.45, 7) is 7.14.